The fraction of sp³-hybridized carbons (Fsp3) is 0.0435. The highest BCUT2D eigenvalue weighted by Gasteiger charge is 2.24. The molecule has 1 heterocycles. The number of amidine groups is 1. The highest BCUT2D eigenvalue weighted by molar-refractivity contribution is 8.18. The molecular weight excluding hydrogens is 468 g/mol. The van der Waals surface area contributed by atoms with E-state index in [1.165, 1.54) is 48.2 Å². The summed E-state index contributed by atoms with van der Waals surface area (Å²) in [7, 11) is -3.97. The van der Waals surface area contributed by atoms with E-state index in [-0.39, 0.29) is 16.6 Å². The number of hydrogen-bond donors (Lipinski definition) is 1. The molecule has 0 saturated carbocycles. The van der Waals surface area contributed by atoms with Crippen molar-refractivity contribution in [2.45, 2.75) is 11.8 Å². The van der Waals surface area contributed by atoms with Gasteiger partial charge in [-0.3, -0.25) is 4.79 Å². The van der Waals surface area contributed by atoms with Crippen molar-refractivity contribution < 1.29 is 17.4 Å². The molecule has 162 valence electrons. The van der Waals surface area contributed by atoms with E-state index < -0.39 is 10.1 Å². The maximum atomic E-state index is 12.4. The lowest BCUT2D eigenvalue weighted by Gasteiger charge is -2.07. The molecule has 1 N–H and O–H groups in total. The third kappa shape index (κ3) is 5.40. The zero-order valence-electron chi connectivity index (χ0n) is 16.8. The van der Waals surface area contributed by atoms with Gasteiger partial charge in [0.2, 0.25) is 0 Å². The minimum atomic E-state index is -3.97. The fourth-order valence-electron chi connectivity index (χ4n) is 2.76. The lowest BCUT2D eigenvalue weighted by Crippen LogP contribution is -2.19. The fourth-order valence-corrected chi connectivity index (χ4v) is 4.66. The quantitative estimate of drug-likeness (QED) is 0.392. The summed E-state index contributed by atoms with van der Waals surface area (Å²) in [5, 5.41) is 3.68. The minimum Gasteiger partial charge on any atom is -0.379 e. The molecule has 0 aromatic heterocycles. The summed E-state index contributed by atoms with van der Waals surface area (Å²) in [6, 6.07) is 19.8. The van der Waals surface area contributed by atoms with Crippen LogP contribution in [-0.4, -0.2) is 19.5 Å². The van der Waals surface area contributed by atoms with Crippen LogP contribution in [0.2, 0.25) is 5.02 Å². The normalized spacial score (nSPS) is 16.4. The number of carbonyl (C=O) groups is 1. The van der Waals surface area contributed by atoms with Crippen molar-refractivity contribution in [2.24, 2.45) is 4.99 Å². The van der Waals surface area contributed by atoms with E-state index in [0.717, 1.165) is 16.8 Å². The molecule has 32 heavy (non-hydrogen) atoms. The molecule has 0 aliphatic carbocycles. The lowest BCUT2D eigenvalue weighted by atomic mass is 10.2. The van der Waals surface area contributed by atoms with Gasteiger partial charge in [-0.25, -0.2) is 4.99 Å². The Morgan fingerprint density at radius 3 is 2.28 bits per heavy atom. The molecular formula is C23H17ClN2O4S2. The molecule has 3 aromatic carbocycles. The first-order valence-corrected chi connectivity index (χ1v) is 12.1. The van der Waals surface area contributed by atoms with Gasteiger partial charge < -0.3 is 9.50 Å². The van der Waals surface area contributed by atoms with Gasteiger partial charge in [0.05, 0.1) is 10.6 Å². The van der Waals surface area contributed by atoms with Crippen molar-refractivity contribution in [1.29, 1.82) is 0 Å². The third-order valence-electron chi connectivity index (χ3n) is 4.40. The number of amides is 1. The number of nitrogens with one attached hydrogen (secondary N) is 1. The number of halogens is 1. The number of aliphatic imine (C=N–C) groups is 1. The Morgan fingerprint density at radius 1 is 0.969 bits per heavy atom. The first-order chi connectivity index (χ1) is 15.3. The average Bonchev–Trinajstić information content (AvgIpc) is 3.10. The van der Waals surface area contributed by atoms with Gasteiger partial charge in [-0.2, -0.15) is 8.42 Å². The van der Waals surface area contributed by atoms with E-state index in [0.29, 0.717) is 15.1 Å². The average molecular weight is 485 g/mol. The van der Waals surface area contributed by atoms with Crippen molar-refractivity contribution in [3.05, 3.63) is 93.9 Å². The van der Waals surface area contributed by atoms with Crippen LogP contribution in [0.25, 0.3) is 6.08 Å². The van der Waals surface area contributed by atoms with E-state index >= 15 is 0 Å². The highest BCUT2D eigenvalue weighted by Crippen LogP contribution is 2.29. The van der Waals surface area contributed by atoms with Gasteiger partial charge in [0.15, 0.2) is 5.17 Å². The van der Waals surface area contributed by atoms with Crippen LogP contribution in [0.1, 0.15) is 11.1 Å². The van der Waals surface area contributed by atoms with Crippen molar-refractivity contribution in [3.63, 3.8) is 0 Å². The second-order valence-electron chi connectivity index (χ2n) is 6.88. The number of aryl methyl sites for hydroxylation is 1. The molecule has 0 radical (unpaired) electrons. The van der Waals surface area contributed by atoms with Crippen LogP contribution in [0.3, 0.4) is 0 Å². The van der Waals surface area contributed by atoms with Crippen LogP contribution in [0.5, 0.6) is 5.75 Å². The Morgan fingerprint density at radius 2 is 1.62 bits per heavy atom. The summed E-state index contributed by atoms with van der Waals surface area (Å²) >= 11 is 7.03. The van der Waals surface area contributed by atoms with Gasteiger partial charge in [0.1, 0.15) is 10.6 Å². The number of rotatable bonds is 5. The highest BCUT2D eigenvalue weighted by atomic mass is 35.5. The van der Waals surface area contributed by atoms with E-state index in [1.807, 2.05) is 31.2 Å². The molecule has 9 heteroatoms. The van der Waals surface area contributed by atoms with E-state index in [4.69, 9.17) is 15.8 Å². The standard InChI is InChI=1S/C23H17ClN2O4S2/c1-15-2-8-18(9-3-15)25-23-26-22(27)21(31-23)14-16-4-10-19(11-5-16)30-32(28,29)20-12-6-17(24)7-13-20/h2-14H,1H3,(H,25,26,27)/b21-14-. The van der Waals surface area contributed by atoms with Crippen LogP contribution >= 0.6 is 23.4 Å². The number of nitrogens with zero attached hydrogens (tertiary/aromatic N) is 1. The molecule has 1 aliphatic rings. The molecule has 1 aliphatic heterocycles. The van der Waals surface area contributed by atoms with Crippen LogP contribution in [-0.2, 0) is 14.9 Å². The molecule has 0 unspecified atom stereocenters. The number of thioether (sulfide) groups is 1. The Kier molecular flexibility index (Phi) is 6.36. The van der Waals surface area contributed by atoms with E-state index in [1.54, 1.807) is 18.2 Å². The zero-order valence-corrected chi connectivity index (χ0v) is 19.2. The molecule has 4 rings (SSSR count). The monoisotopic (exact) mass is 484 g/mol. The van der Waals surface area contributed by atoms with Gasteiger partial charge in [-0.15, -0.1) is 0 Å². The van der Waals surface area contributed by atoms with Gasteiger partial charge in [0.25, 0.3) is 5.91 Å². The summed E-state index contributed by atoms with van der Waals surface area (Å²) in [6.07, 6.45) is 1.70. The molecule has 0 spiro atoms. The summed E-state index contributed by atoms with van der Waals surface area (Å²) in [6.45, 7) is 1.99. The van der Waals surface area contributed by atoms with Crippen molar-refractivity contribution in [1.82, 2.24) is 5.32 Å². The summed E-state index contributed by atoms with van der Waals surface area (Å²) in [5.74, 6) is -0.0845. The topological polar surface area (TPSA) is 84.8 Å². The second-order valence-corrected chi connectivity index (χ2v) is 9.89. The number of carbonyl (C=O) groups excluding carboxylic acids is 1. The van der Waals surface area contributed by atoms with Gasteiger partial charge in [0, 0.05) is 5.02 Å². The van der Waals surface area contributed by atoms with Crippen LogP contribution in [0.15, 0.2) is 87.6 Å². The smallest absolute Gasteiger partial charge is 0.339 e. The van der Waals surface area contributed by atoms with Crippen LogP contribution < -0.4 is 9.50 Å². The SMILES string of the molecule is Cc1ccc(N=C2NC(=O)/C(=C/c3ccc(OS(=O)(=O)c4ccc(Cl)cc4)cc3)S2)cc1. The Labute approximate surface area is 195 Å². The summed E-state index contributed by atoms with van der Waals surface area (Å²) in [5.41, 5.74) is 2.60. The third-order valence-corrected chi connectivity index (χ3v) is 6.82. The van der Waals surface area contributed by atoms with Gasteiger partial charge in [-0.1, -0.05) is 41.4 Å². The minimum absolute atomic E-state index is 0.00696. The second kappa shape index (κ2) is 9.20. The molecule has 0 bridgehead atoms. The van der Waals surface area contributed by atoms with Crippen molar-refractivity contribution in [2.75, 3.05) is 0 Å². The number of hydrogen-bond acceptors (Lipinski definition) is 6. The Bertz CT molecular complexity index is 1320. The van der Waals surface area contributed by atoms with Gasteiger partial charge in [-0.05, 0) is 78.9 Å². The molecule has 0 atom stereocenters. The van der Waals surface area contributed by atoms with E-state index in [9.17, 15) is 13.2 Å². The van der Waals surface area contributed by atoms with Crippen molar-refractivity contribution in [3.8, 4) is 5.75 Å². The Balaban J connectivity index is 1.46. The largest absolute Gasteiger partial charge is 0.379 e. The van der Waals surface area contributed by atoms with Gasteiger partial charge >= 0.3 is 10.1 Å². The first-order valence-electron chi connectivity index (χ1n) is 9.45. The predicted octanol–water partition coefficient (Wildman–Crippen LogP) is 5.31. The molecule has 1 amide bonds. The van der Waals surface area contributed by atoms with E-state index in [2.05, 4.69) is 10.3 Å². The zero-order chi connectivity index (χ0) is 22.7. The maximum Gasteiger partial charge on any atom is 0.339 e. The summed E-state index contributed by atoms with van der Waals surface area (Å²) < 4.78 is 29.9. The summed E-state index contributed by atoms with van der Waals surface area (Å²) in [4.78, 5) is 17.2. The molecule has 1 fully saturated rings. The molecule has 6 nitrogen and oxygen atoms in total. The van der Waals surface area contributed by atoms with Crippen LogP contribution in [0.4, 0.5) is 5.69 Å². The van der Waals surface area contributed by atoms with Crippen molar-refractivity contribution >= 4 is 56.3 Å². The first kappa shape index (κ1) is 22.1. The predicted molar refractivity (Wildman–Crippen MR) is 128 cm³/mol. The maximum absolute atomic E-state index is 12.4. The Hall–Kier alpha value is -3.07. The lowest BCUT2D eigenvalue weighted by molar-refractivity contribution is -0.115. The molecule has 3 aromatic rings. The number of benzene rings is 3. The molecule has 1 saturated heterocycles. The van der Waals surface area contributed by atoms with Crippen LogP contribution in [0, 0.1) is 6.92 Å².